The van der Waals surface area contributed by atoms with E-state index < -0.39 is 0 Å². The SMILES string of the molecule is CCc1cc(CNCc2ccc(C3CCCN3C(=O)c3cc(O)c(O)cc3C)cc2)[nH]n1. The van der Waals surface area contributed by atoms with E-state index in [2.05, 4.69) is 52.8 Å². The first-order valence-corrected chi connectivity index (χ1v) is 11.1. The van der Waals surface area contributed by atoms with Crippen molar-refractivity contribution in [3.63, 3.8) is 0 Å². The Hall–Kier alpha value is -3.32. The normalized spacial score (nSPS) is 15.9. The number of aryl methyl sites for hydroxylation is 2. The molecule has 0 spiro atoms. The van der Waals surface area contributed by atoms with Gasteiger partial charge in [0.2, 0.25) is 0 Å². The summed E-state index contributed by atoms with van der Waals surface area (Å²) in [5, 5.41) is 30.3. The van der Waals surface area contributed by atoms with Crippen molar-refractivity contribution < 1.29 is 15.0 Å². The smallest absolute Gasteiger partial charge is 0.254 e. The molecule has 1 aromatic heterocycles. The zero-order valence-electron chi connectivity index (χ0n) is 18.6. The summed E-state index contributed by atoms with van der Waals surface area (Å²) in [4.78, 5) is 15.1. The van der Waals surface area contributed by atoms with Crippen LogP contribution in [0, 0.1) is 6.92 Å². The lowest BCUT2D eigenvalue weighted by molar-refractivity contribution is 0.0734. The van der Waals surface area contributed by atoms with Gasteiger partial charge in [0, 0.05) is 30.9 Å². The monoisotopic (exact) mass is 434 g/mol. The van der Waals surface area contributed by atoms with Crippen LogP contribution in [-0.4, -0.2) is 37.8 Å². The molecule has 1 atom stereocenters. The number of H-pyrrole nitrogens is 1. The summed E-state index contributed by atoms with van der Waals surface area (Å²) in [7, 11) is 0. The second kappa shape index (κ2) is 9.44. The number of aromatic nitrogens is 2. The van der Waals surface area contributed by atoms with E-state index in [0.717, 1.165) is 49.3 Å². The number of rotatable bonds is 7. The van der Waals surface area contributed by atoms with Crippen LogP contribution in [-0.2, 0) is 19.5 Å². The molecular formula is C25H30N4O3. The molecule has 0 aliphatic carbocycles. The fourth-order valence-corrected chi connectivity index (χ4v) is 4.30. The molecule has 1 aliphatic heterocycles. The highest BCUT2D eigenvalue weighted by Gasteiger charge is 2.31. The molecule has 1 amide bonds. The molecule has 1 saturated heterocycles. The lowest BCUT2D eigenvalue weighted by Crippen LogP contribution is -2.31. The van der Waals surface area contributed by atoms with Gasteiger partial charge in [-0.15, -0.1) is 0 Å². The Kier molecular flexibility index (Phi) is 6.46. The van der Waals surface area contributed by atoms with Crippen LogP contribution in [0.2, 0.25) is 0 Å². The third-order valence-corrected chi connectivity index (χ3v) is 6.12. The van der Waals surface area contributed by atoms with Gasteiger partial charge in [-0.3, -0.25) is 9.89 Å². The first kappa shape index (κ1) is 21.9. The van der Waals surface area contributed by atoms with Gasteiger partial charge in [0.15, 0.2) is 11.5 Å². The molecule has 0 bridgehead atoms. The van der Waals surface area contributed by atoms with Crippen LogP contribution in [0.3, 0.4) is 0 Å². The van der Waals surface area contributed by atoms with Crippen molar-refractivity contribution in [2.24, 2.45) is 0 Å². The number of aromatic amines is 1. The van der Waals surface area contributed by atoms with E-state index in [9.17, 15) is 15.0 Å². The van der Waals surface area contributed by atoms with Crippen LogP contribution in [0.4, 0.5) is 0 Å². The summed E-state index contributed by atoms with van der Waals surface area (Å²) in [6.45, 7) is 6.02. The Morgan fingerprint density at radius 1 is 1.16 bits per heavy atom. The maximum atomic E-state index is 13.2. The molecule has 4 N–H and O–H groups in total. The number of carbonyl (C=O) groups excluding carboxylic acids is 1. The first-order valence-electron chi connectivity index (χ1n) is 11.1. The standard InChI is InChI=1S/C25H30N4O3/c1-3-19-12-20(28-27-19)15-26-14-17-6-8-18(9-7-17)22-5-4-10-29(22)25(32)21-13-24(31)23(30)11-16(21)2/h6-9,11-13,22,26,30-31H,3-5,10,14-15H2,1-2H3,(H,27,28). The molecule has 4 rings (SSSR count). The maximum Gasteiger partial charge on any atom is 0.254 e. The predicted octanol–water partition coefficient (Wildman–Crippen LogP) is 3.96. The number of phenolic OH excluding ortho intramolecular Hbond substituents is 2. The zero-order valence-corrected chi connectivity index (χ0v) is 18.6. The first-order chi connectivity index (χ1) is 15.5. The highest BCUT2D eigenvalue weighted by atomic mass is 16.3. The highest BCUT2D eigenvalue weighted by Crippen LogP contribution is 2.35. The second-order valence-electron chi connectivity index (χ2n) is 8.40. The van der Waals surface area contributed by atoms with E-state index in [1.165, 1.54) is 17.7 Å². The van der Waals surface area contributed by atoms with Gasteiger partial charge < -0.3 is 20.4 Å². The second-order valence-corrected chi connectivity index (χ2v) is 8.40. The molecule has 1 aliphatic rings. The van der Waals surface area contributed by atoms with Gasteiger partial charge in [-0.25, -0.2) is 0 Å². The van der Waals surface area contributed by atoms with E-state index in [-0.39, 0.29) is 23.4 Å². The Morgan fingerprint density at radius 2 is 1.91 bits per heavy atom. The Labute approximate surface area is 188 Å². The molecule has 32 heavy (non-hydrogen) atoms. The van der Waals surface area contributed by atoms with Gasteiger partial charge in [-0.1, -0.05) is 31.2 Å². The average molecular weight is 435 g/mol. The molecule has 7 nitrogen and oxygen atoms in total. The van der Waals surface area contributed by atoms with Gasteiger partial charge in [0.1, 0.15) is 0 Å². The topological polar surface area (TPSA) is 101 Å². The third kappa shape index (κ3) is 4.62. The lowest BCUT2D eigenvalue weighted by atomic mass is 10.0. The van der Waals surface area contributed by atoms with Crippen molar-refractivity contribution in [1.29, 1.82) is 0 Å². The predicted molar refractivity (Wildman–Crippen MR) is 122 cm³/mol. The fourth-order valence-electron chi connectivity index (χ4n) is 4.30. The molecule has 1 fully saturated rings. The molecular weight excluding hydrogens is 404 g/mol. The third-order valence-electron chi connectivity index (χ3n) is 6.12. The molecule has 1 unspecified atom stereocenters. The summed E-state index contributed by atoms with van der Waals surface area (Å²) in [6.07, 6.45) is 2.77. The number of amides is 1. The van der Waals surface area contributed by atoms with Crippen LogP contribution < -0.4 is 5.32 Å². The summed E-state index contributed by atoms with van der Waals surface area (Å²) in [6, 6.07) is 13.3. The lowest BCUT2D eigenvalue weighted by Gasteiger charge is -2.26. The highest BCUT2D eigenvalue weighted by molar-refractivity contribution is 5.96. The molecule has 2 heterocycles. The summed E-state index contributed by atoms with van der Waals surface area (Å²) >= 11 is 0. The largest absolute Gasteiger partial charge is 0.504 e. The minimum absolute atomic E-state index is 0.0114. The zero-order chi connectivity index (χ0) is 22.7. The van der Waals surface area contributed by atoms with Gasteiger partial charge in [-0.05, 0) is 61.1 Å². The van der Waals surface area contributed by atoms with Gasteiger partial charge in [0.05, 0.1) is 11.7 Å². The van der Waals surface area contributed by atoms with E-state index in [0.29, 0.717) is 17.7 Å². The summed E-state index contributed by atoms with van der Waals surface area (Å²) in [5.74, 6) is -0.593. The van der Waals surface area contributed by atoms with Crippen molar-refractivity contribution in [2.45, 2.75) is 52.2 Å². The summed E-state index contributed by atoms with van der Waals surface area (Å²) in [5.41, 5.74) is 5.52. The fraction of sp³-hybridized carbons (Fsp3) is 0.360. The van der Waals surface area contributed by atoms with E-state index in [1.54, 1.807) is 6.92 Å². The van der Waals surface area contributed by atoms with Crippen molar-refractivity contribution in [1.82, 2.24) is 20.4 Å². The Morgan fingerprint density at radius 3 is 2.62 bits per heavy atom. The maximum absolute atomic E-state index is 13.2. The number of hydrogen-bond donors (Lipinski definition) is 4. The molecule has 7 heteroatoms. The van der Waals surface area contributed by atoms with E-state index in [4.69, 9.17) is 0 Å². The van der Waals surface area contributed by atoms with Crippen molar-refractivity contribution in [3.05, 3.63) is 76.1 Å². The molecule has 168 valence electrons. The van der Waals surface area contributed by atoms with Crippen LogP contribution in [0.1, 0.15) is 64.2 Å². The van der Waals surface area contributed by atoms with Gasteiger partial charge >= 0.3 is 0 Å². The number of nitrogens with zero attached hydrogens (tertiary/aromatic N) is 2. The van der Waals surface area contributed by atoms with Crippen molar-refractivity contribution in [2.75, 3.05) is 6.54 Å². The molecule has 0 saturated carbocycles. The van der Waals surface area contributed by atoms with Crippen LogP contribution in [0.25, 0.3) is 0 Å². The quantitative estimate of drug-likeness (QED) is 0.422. The van der Waals surface area contributed by atoms with Gasteiger partial charge in [0.25, 0.3) is 5.91 Å². The van der Waals surface area contributed by atoms with Crippen molar-refractivity contribution in [3.8, 4) is 11.5 Å². The number of phenols is 2. The minimum atomic E-state index is -0.271. The number of hydrogen-bond acceptors (Lipinski definition) is 5. The number of benzene rings is 2. The number of likely N-dealkylation sites (tertiary alicyclic amines) is 1. The molecule has 0 radical (unpaired) electrons. The number of aromatic hydroxyl groups is 2. The Balaban J connectivity index is 1.40. The molecule has 2 aromatic carbocycles. The minimum Gasteiger partial charge on any atom is -0.504 e. The Bertz CT molecular complexity index is 1090. The van der Waals surface area contributed by atoms with E-state index in [1.807, 2.05) is 4.90 Å². The molecule has 3 aromatic rings. The van der Waals surface area contributed by atoms with E-state index >= 15 is 0 Å². The average Bonchev–Trinajstić information content (AvgIpc) is 3.46. The number of carbonyl (C=O) groups is 1. The van der Waals surface area contributed by atoms with Crippen molar-refractivity contribution >= 4 is 5.91 Å². The van der Waals surface area contributed by atoms with Crippen LogP contribution in [0.15, 0.2) is 42.5 Å². The number of nitrogens with one attached hydrogen (secondary N) is 2. The summed E-state index contributed by atoms with van der Waals surface area (Å²) < 4.78 is 0. The van der Waals surface area contributed by atoms with Gasteiger partial charge in [-0.2, -0.15) is 5.10 Å². The van der Waals surface area contributed by atoms with Crippen LogP contribution in [0.5, 0.6) is 11.5 Å². The van der Waals surface area contributed by atoms with Crippen LogP contribution >= 0.6 is 0 Å².